The van der Waals surface area contributed by atoms with Crippen molar-refractivity contribution in [1.29, 1.82) is 0 Å². The number of hydrogen-bond acceptors (Lipinski definition) is 3. The predicted octanol–water partition coefficient (Wildman–Crippen LogP) is 2.27. The molecular formula is C11H18ClNO2. The van der Waals surface area contributed by atoms with E-state index in [1.54, 1.807) is 0 Å². The highest BCUT2D eigenvalue weighted by Gasteiger charge is 2.46. The molecule has 1 N–H and O–H groups in total. The summed E-state index contributed by atoms with van der Waals surface area (Å²) in [6.07, 6.45) is 2.78. The summed E-state index contributed by atoms with van der Waals surface area (Å²) in [7, 11) is 1.42. The monoisotopic (exact) mass is 231 g/mol. The van der Waals surface area contributed by atoms with Crippen molar-refractivity contribution >= 4 is 17.7 Å². The van der Waals surface area contributed by atoms with Crippen molar-refractivity contribution in [3.63, 3.8) is 0 Å². The van der Waals surface area contributed by atoms with Gasteiger partial charge in [0.15, 0.2) is 0 Å². The molecule has 0 aromatic carbocycles. The molecule has 0 bridgehead atoms. The van der Waals surface area contributed by atoms with Crippen LogP contribution in [0.15, 0.2) is 12.2 Å². The number of rotatable bonds is 6. The number of hydrogen-bond donors (Lipinski definition) is 1. The van der Waals surface area contributed by atoms with Crippen LogP contribution in [-0.4, -0.2) is 19.6 Å². The van der Waals surface area contributed by atoms with Gasteiger partial charge in [-0.1, -0.05) is 19.1 Å². The van der Waals surface area contributed by atoms with Crippen molar-refractivity contribution < 1.29 is 9.53 Å². The minimum absolute atomic E-state index is 0.0457. The molecule has 1 saturated carbocycles. The van der Waals surface area contributed by atoms with Crippen molar-refractivity contribution in [1.82, 2.24) is 4.84 Å². The van der Waals surface area contributed by atoms with Crippen LogP contribution in [0.3, 0.4) is 0 Å². The Balaban J connectivity index is 2.36. The third-order valence-corrected chi connectivity index (χ3v) is 3.38. The normalized spacial score (nSPS) is 26.2. The first-order chi connectivity index (χ1) is 7.05. The molecular weight excluding hydrogens is 214 g/mol. The Kier molecular flexibility index (Phi) is 4.17. The van der Waals surface area contributed by atoms with Crippen LogP contribution in [0.4, 0.5) is 0 Å². The van der Waals surface area contributed by atoms with E-state index in [0.717, 1.165) is 25.8 Å². The first-order valence-electron chi connectivity index (χ1n) is 5.15. The molecule has 2 atom stereocenters. The molecule has 1 rings (SSSR count). The second-order valence-electron chi connectivity index (χ2n) is 4.33. The molecule has 2 unspecified atom stereocenters. The molecule has 0 amide bonds. The van der Waals surface area contributed by atoms with Crippen LogP contribution in [-0.2, 0) is 9.53 Å². The Labute approximate surface area is 95.9 Å². The number of esters is 1. The Morgan fingerprint density at radius 2 is 2.40 bits per heavy atom. The fourth-order valence-electron chi connectivity index (χ4n) is 1.85. The summed E-state index contributed by atoms with van der Waals surface area (Å²) in [5.41, 5.74) is 1.36. The topological polar surface area (TPSA) is 38.3 Å². The van der Waals surface area contributed by atoms with Gasteiger partial charge < -0.3 is 4.74 Å². The van der Waals surface area contributed by atoms with E-state index < -0.39 is 0 Å². The van der Waals surface area contributed by atoms with E-state index in [0.29, 0.717) is 0 Å². The number of methoxy groups -OCH3 is 1. The van der Waals surface area contributed by atoms with E-state index in [9.17, 15) is 4.79 Å². The number of carbonyl (C=O) groups excluding carboxylic acids is 1. The van der Waals surface area contributed by atoms with Crippen LogP contribution in [0.1, 0.15) is 26.2 Å². The zero-order chi connectivity index (χ0) is 11.5. The fraction of sp³-hybridized carbons (Fsp3) is 0.727. The van der Waals surface area contributed by atoms with Gasteiger partial charge in [-0.15, -0.1) is 0 Å². The van der Waals surface area contributed by atoms with Crippen LogP contribution in [0, 0.1) is 11.3 Å². The highest BCUT2D eigenvalue weighted by atomic mass is 35.5. The number of nitrogens with one attached hydrogen (secondary N) is 1. The van der Waals surface area contributed by atoms with Crippen molar-refractivity contribution in [2.45, 2.75) is 26.2 Å². The number of halogens is 1. The molecule has 0 aliphatic heterocycles. The van der Waals surface area contributed by atoms with Crippen LogP contribution in [0.5, 0.6) is 0 Å². The maximum atomic E-state index is 11.2. The van der Waals surface area contributed by atoms with Crippen molar-refractivity contribution in [3.05, 3.63) is 12.2 Å². The second-order valence-corrected chi connectivity index (χ2v) is 4.60. The number of carbonyl (C=O) groups is 1. The van der Waals surface area contributed by atoms with E-state index in [1.165, 1.54) is 12.7 Å². The van der Waals surface area contributed by atoms with Gasteiger partial charge in [-0.05, 0) is 31.0 Å². The smallest absolute Gasteiger partial charge is 0.308 e. The summed E-state index contributed by atoms with van der Waals surface area (Å²) in [5.74, 6) is -0.189. The SMILES string of the molecule is C=C1CC1(CCC(C)C(=O)OC)CNCl. The molecule has 4 heteroatoms. The summed E-state index contributed by atoms with van der Waals surface area (Å²) in [6, 6.07) is 0. The lowest BCUT2D eigenvalue weighted by Gasteiger charge is -2.15. The first kappa shape index (κ1) is 12.5. The summed E-state index contributed by atoms with van der Waals surface area (Å²) in [5, 5.41) is 0. The molecule has 0 radical (unpaired) electrons. The van der Waals surface area contributed by atoms with Crippen LogP contribution < -0.4 is 4.84 Å². The van der Waals surface area contributed by atoms with E-state index in [4.69, 9.17) is 11.8 Å². The van der Waals surface area contributed by atoms with Gasteiger partial charge in [-0.3, -0.25) is 4.79 Å². The van der Waals surface area contributed by atoms with Crippen LogP contribution >= 0.6 is 11.8 Å². The van der Waals surface area contributed by atoms with Crippen LogP contribution in [0.2, 0.25) is 0 Å². The Morgan fingerprint density at radius 3 is 2.80 bits per heavy atom. The predicted molar refractivity (Wildman–Crippen MR) is 60.5 cm³/mol. The lowest BCUT2D eigenvalue weighted by molar-refractivity contribution is -0.145. The lowest BCUT2D eigenvalue weighted by atomic mass is 9.94. The van der Waals surface area contributed by atoms with E-state index in [2.05, 4.69) is 16.2 Å². The molecule has 86 valence electrons. The number of ether oxygens (including phenoxy) is 1. The third kappa shape index (κ3) is 2.95. The summed E-state index contributed by atoms with van der Waals surface area (Å²) >= 11 is 5.51. The minimum atomic E-state index is -0.143. The molecule has 0 aromatic rings. The molecule has 0 heterocycles. The zero-order valence-corrected chi connectivity index (χ0v) is 10.1. The Morgan fingerprint density at radius 1 is 1.80 bits per heavy atom. The molecule has 0 aromatic heterocycles. The first-order valence-corrected chi connectivity index (χ1v) is 5.53. The van der Waals surface area contributed by atoms with Crippen LogP contribution in [0.25, 0.3) is 0 Å². The van der Waals surface area contributed by atoms with Gasteiger partial charge in [-0.2, -0.15) is 0 Å². The maximum Gasteiger partial charge on any atom is 0.308 e. The molecule has 1 fully saturated rings. The van der Waals surface area contributed by atoms with Gasteiger partial charge in [0.1, 0.15) is 0 Å². The standard InChI is InChI=1S/C11H18ClNO2/c1-8(10(14)15-3)4-5-11(7-13-12)6-9(11)2/h8,13H,2,4-7H2,1,3H3. The van der Waals surface area contributed by atoms with E-state index in [-0.39, 0.29) is 17.3 Å². The van der Waals surface area contributed by atoms with Crippen molar-refractivity contribution in [2.24, 2.45) is 11.3 Å². The van der Waals surface area contributed by atoms with Gasteiger partial charge in [-0.25, -0.2) is 4.84 Å². The van der Waals surface area contributed by atoms with Gasteiger partial charge >= 0.3 is 5.97 Å². The summed E-state index contributed by atoms with van der Waals surface area (Å²) < 4.78 is 4.68. The summed E-state index contributed by atoms with van der Waals surface area (Å²) in [4.78, 5) is 13.9. The molecule has 1 aliphatic rings. The van der Waals surface area contributed by atoms with Gasteiger partial charge in [0, 0.05) is 12.0 Å². The highest BCUT2D eigenvalue weighted by Crippen LogP contribution is 2.54. The average Bonchev–Trinajstić information content (AvgIpc) is 2.85. The second kappa shape index (κ2) is 4.99. The molecule has 0 spiro atoms. The van der Waals surface area contributed by atoms with Gasteiger partial charge in [0.25, 0.3) is 0 Å². The third-order valence-electron chi connectivity index (χ3n) is 3.24. The Bertz CT molecular complexity index is 267. The minimum Gasteiger partial charge on any atom is -0.469 e. The van der Waals surface area contributed by atoms with E-state index in [1.807, 2.05) is 6.92 Å². The van der Waals surface area contributed by atoms with E-state index >= 15 is 0 Å². The summed E-state index contributed by atoms with van der Waals surface area (Å²) in [6.45, 7) is 6.59. The fourth-order valence-corrected chi connectivity index (χ4v) is 2.10. The Hall–Kier alpha value is -0.540. The van der Waals surface area contributed by atoms with Crippen molar-refractivity contribution in [2.75, 3.05) is 13.7 Å². The van der Waals surface area contributed by atoms with Gasteiger partial charge in [0.2, 0.25) is 0 Å². The van der Waals surface area contributed by atoms with Gasteiger partial charge in [0.05, 0.1) is 13.0 Å². The largest absolute Gasteiger partial charge is 0.469 e. The van der Waals surface area contributed by atoms with Crippen molar-refractivity contribution in [3.8, 4) is 0 Å². The molecule has 0 saturated heterocycles. The zero-order valence-electron chi connectivity index (χ0n) is 9.31. The highest BCUT2D eigenvalue weighted by molar-refractivity contribution is 6.13. The molecule has 3 nitrogen and oxygen atoms in total. The molecule has 1 aliphatic carbocycles. The molecule has 15 heavy (non-hydrogen) atoms. The maximum absolute atomic E-state index is 11.2. The lowest BCUT2D eigenvalue weighted by Crippen LogP contribution is -2.20. The average molecular weight is 232 g/mol. The quantitative estimate of drug-likeness (QED) is 0.433.